The maximum Gasteiger partial charge on any atom is 0.253 e. The predicted molar refractivity (Wildman–Crippen MR) is 68.1 cm³/mol. The first-order valence-electron chi connectivity index (χ1n) is 6.21. The van der Waals surface area contributed by atoms with Crippen molar-refractivity contribution in [2.45, 2.75) is 32.7 Å². The SMILES string of the molecule is CCCNc1ccc(C(=O)NC2CC2C)cn1. The molecule has 1 aliphatic rings. The third-order valence-electron chi connectivity index (χ3n) is 3.01. The molecule has 17 heavy (non-hydrogen) atoms. The Kier molecular flexibility index (Phi) is 3.61. The molecule has 0 radical (unpaired) electrons. The summed E-state index contributed by atoms with van der Waals surface area (Å²) in [4.78, 5) is 16.0. The summed E-state index contributed by atoms with van der Waals surface area (Å²) in [7, 11) is 0. The van der Waals surface area contributed by atoms with Crippen molar-refractivity contribution in [1.29, 1.82) is 0 Å². The highest BCUT2D eigenvalue weighted by Crippen LogP contribution is 2.29. The number of pyridine rings is 1. The highest BCUT2D eigenvalue weighted by atomic mass is 16.1. The molecule has 0 spiro atoms. The molecule has 4 nitrogen and oxygen atoms in total. The zero-order chi connectivity index (χ0) is 12.3. The molecule has 0 bridgehead atoms. The van der Waals surface area contributed by atoms with Crippen molar-refractivity contribution in [3.8, 4) is 0 Å². The number of carbonyl (C=O) groups excluding carboxylic acids is 1. The monoisotopic (exact) mass is 233 g/mol. The first-order chi connectivity index (χ1) is 8.20. The van der Waals surface area contributed by atoms with Crippen LogP contribution in [0.3, 0.4) is 0 Å². The molecule has 0 aliphatic heterocycles. The molecule has 1 fully saturated rings. The van der Waals surface area contributed by atoms with Crippen LogP contribution < -0.4 is 10.6 Å². The van der Waals surface area contributed by atoms with Crippen molar-refractivity contribution in [2.24, 2.45) is 5.92 Å². The first kappa shape index (κ1) is 11.9. The van der Waals surface area contributed by atoms with Crippen LogP contribution in [0.2, 0.25) is 0 Å². The summed E-state index contributed by atoms with van der Waals surface area (Å²) in [6.07, 6.45) is 3.78. The van der Waals surface area contributed by atoms with Gasteiger partial charge in [0, 0.05) is 18.8 Å². The second kappa shape index (κ2) is 5.17. The van der Waals surface area contributed by atoms with E-state index >= 15 is 0 Å². The molecule has 1 saturated carbocycles. The van der Waals surface area contributed by atoms with Gasteiger partial charge < -0.3 is 10.6 Å². The van der Waals surface area contributed by atoms with Crippen LogP contribution in [0.4, 0.5) is 5.82 Å². The van der Waals surface area contributed by atoms with Crippen LogP contribution in [-0.2, 0) is 0 Å². The molecule has 2 rings (SSSR count). The van der Waals surface area contributed by atoms with Crippen LogP contribution in [0.1, 0.15) is 37.0 Å². The lowest BCUT2D eigenvalue weighted by atomic mass is 10.2. The summed E-state index contributed by atoms with van der Waals surface area (Å²) in [5, 5.41) is 6.16. The third kappa shape index (κ3) is 3.19. The summed E-state index contributed by atoms with van der Waals surface area (Å²) in [5.41, 5.74) is 0.631. The fourth-order valence-corrected chi connectivity index (χ4v) is 1.66. The Labute approximate surface area is 102 Å². The summed E-state index contributed by atoms with van der Waals surface area (Å²) in [6, 6.07) is 4.02. The molecule has 2 atom stereocenters. The minimum absolute atomic E-state index is 0.0195. The maximum absolute atomic E-state index is 11.8. The van der Waals surface area contributed by atoms with Gasteiger partial charge in [0.25, 0.3) is 5.91 Å². The Balaban J connectivity index is 1.90. The predicted octanol–water partition coefficient (Wildman–Crippen LogP) is 2.04. The van der Waals surface area contributed by atoms with Gasteiger partial charge >= 0.3 is 0 Å². The van der Waals surface area contributed by atoms with Crippen molar-refractivity contribution in [3.05, 3.63) is 23.9 Å². The van der Waals surface area contributed by atoms with Gasteiger partial charge in [-0.15, -0.1) is 0 Å². The second-order valence-electron chi connectivity index (χ2n) is 4.65. The molecule has 0 saturated heterocycles. The molecule has 1 aromatic heterocycles. The van der Waals surface area contributed by atoms with Gasteiger partial charge in [0.1, 0.15) is 5.82 Å². The first-order valence-corrected chi connectivity index (χ1v) is 6.21. The Morgan fingerprint density at radius 2 is 2.29 bits per heavy atom. The van der Waals surface area contributed by atoms with E-state index in [1.165, 1.54) is 0 Å². The lowest BCUT2D eigenvalue weighted by Gasteiger charge is -2.06. The largest absolute Gasteiger partial charge is 0.370 e. The van der Waals surface area contributed by atoms with Crippen molar-refractivity contribution >= 4 is 11.7 Å². The van der Waals surface area contributed by atoms with E-state index in [-0.39, 0.29) is 5.91 Å². The van der Waals surface area contributed by atoms with E-state index in [0.717, 1.165) is 25.2 Å². The molecule has 4 heteroatoms. The van der Waals surface area contributed by atoms with Gasteiger partial charge in [-0.2, -0.15) is 0 Å². The Bertz CT molecular complexity index is 388. The Morgan fingerprint density at radius 3 is 2.82 bits per heavy atom. The Morgan fingerprint density at radius 1 is 1.53 bits per heavy atom. The van der Waals surface area contributed by atoms with Crippen LogP contribution in [0, 0.1) is 5.92 Å². The molecule has 1 aromatic rings. The topological polar surface area (TPSA) is 54.0 Å². The van der Waals surface area contributed by atoms with Crippen molar-refractivity contribution in [2.75, 3.05) is 11.9 Å². The van der Waals surface area contributed by atoms with Gasteiger partial charge in [0.2, 0.25) is 0 Å². The van der Waals surface area contributed by atoms with Crippen molar-refractivity contribution < 1.29 is 4.79 Å². The van der Waals surface area contributed by atoms with Crippen molar-refractivity contribution in [3.63, 3.8) is 0 Å². The summed E-state index contributed by atoms with van der Waals surface area (Å²) in [6.45, 7) is 5.14. The summed E-state index contributed by atoms with van der Waals surface area (Å²) >= 11 is 0. The molecular weight excluding hydrogens is 214 g/mol. The van der Waals surface area contributed by atoms with Gasteiger partial charge in [0.15, 0.2) is 0 Å². The van der Waals surface area contributed by atoms with E-state index < -0.39 is 0 Å². The fourth-order valence-electron chi connectivity index (χ4n) is 1.66. The number of rotatable bonds is 5. The molecular formula is C13H19N3O. The highest BCUT2D eigenvalue weighted by Gasteiger charge is 2.33. The number of hydrogen-bond donors (Lipinski definition) is 2. The van der Waals surface area contributed by atoms with Crippen LogP contribution >= 0.6 is 0 Å². The van der Waals surface area contributed by atoms with Crippen LogP contribution in [0.25, 0.3) is 0 Å². The number of hydrogen-bond acceptors (Lipinski definition) is 3. The maximum atomic E-state index is 11.8. The fraction of sp³-hybridized carbons (Fsp3) is 0.538. The minimum Gasteiger partial charge on any atom is -0.370 e. The number of anilines is 1. The Hall–Kier alpha value is -1.58. The summed E-state index contributed by atoms with van der Waals surface area (Å²) < 4.78 is 0. The summed E-state index contributed by atoms with van der Waals surface area (Å²) in [5.74, 6) is 1.43. The van der Waals surface area contributed by atoms with Crippen LogP contribution in [-0.4, -0.2) is 23.5 Å². The number of nitrogens with zero attached hydrogens (tertiary/aromatic N) is 1. The van der Waals surface area contributed by atoms with E-state index in [9.17, 15) is 4.79 Å². The van der Waals surface area contributed by atoms with E-state index in [0.29, 0.717) is 17.5 Å². The zero-order valence-corrected chi connectivity index (χ0v) is 10.4. The molecule has 0 aromatic carbocycles. The van der Waals surface area contributed by atoms with Gasteiger partial charge in [-0.1, -0.05) is 13.8 Å². The van der Waals surface area contributed by atoms with Crippen molar-refractivity contribution in [1.82, 2.24) is 10.3 Å². The highest BCUT2D eigenvalue weighted by molar-refractivity contribution is 5.94. The number of amides is 1. The van der Waals surface area contributed by atoms with E-state index in [1.807, 2.05) is 12.1 Å². The molecule has 2 N–H and O–H groups in total. The average Bonchev–Trinajstić information content (AvgIpc) is 3.03. The van der Waals surface area contributed by atoms with Crippen LogP contribution in [0.15, 0.2) is 18.3 Å². The zero-order valence-electron chi connectivity index (χ0n) is 10.4. The van der Waals surface area contributed by atoms with Crippen LogP contribution in [0.5, 0.6) is 0 Å². The third-order valence-corrected chi connectivity index (χ3v) is 3.01. The minimum atomic E-state index is -0.0195. The average molecular weight is 233 g/mol. The molecule has 2 unspecified atom stereocenters. The van der Waals surface area contributed by atoms with Gasteiger partial charge in [-0.25, -0.2) is 4.98 Å². The number of carbonyl (C=O) groups is 1. The molecule has 92 valence electrons. The van der Waals surface area contributed by atoms with Gasteiger partial charge in [0.05, 0.1) is 5.56 Å². The number of aromatic nitrogens is 1. The molecule has 1 heterocycles. The van der Waals surface area contributed by atoms with Gasteiger partial charge in [-0.3, -0.25) is 4.79 Å². The standard InChI is InChI=1S/C13H19N3O/c1-3-6-14-12-5-4-10(8-15-12)13(17)16-11-7-9(11)2/h4-5,8-9,11H,3,6-7H2,1-2H3,(H,14,15)(H,16,17). The lowest BCUT2D eigenvalue weighted by Crippen LogP contribution is -2.26. The van der Waals surface area contributed by atoms with E-state index in [2.05, 4.69) is 29.5 Å². The smallest absolute Gasteiger partial charge is 0.253 e. The quantitative estimate of drug-likeness (QED) is 0.818. The lowest BCUT2D eigenvalue weighted by molar-refractivity contribution is 0.0949. The molecule has 1 aliphatic carbocycles. The molecule has 1 amide bonds. The normalized spacial score (nSPS) is 22.0. The second-order valence-corrected chi connectivity index (χ2v) is 4.65. The van der Waals surface area contributed by atoms with E-state index in [4.69, 9.17) is 0 Å². The van der Waals surface area contributed by atoms with Gasteiger partial charge in [-0.05, 0) is 30.9 Å². The number of nitrogens with one attached hydrogen (secondary N) is 2. The van der Waals surface area contributed by atoms with E-state index in [1.54, 1.807) is 6.20 Å².